The van der Waals surface area contributed by atoms with Crippen LogP contribution in [0.25, 0.3) is 0 Å². The minimum atomic E-state index is 0.765. The first kappa shape index (κ1) is 11.7. The molecule has 2 N–H and O–H groups in total. The quantitative estimate of drug-likeness (QED) is 0.588. The summed E-state index contributed by atoms with van der Waals surface area (Å²) in [5.74, 6) is 0. The lowest BCUT2D eigenvalue weighted by Crippen LogP contribution is -2.30. The summed E-state index contributed by atoms with van der Waals surface area (Å²) in [6, 6.07) is 0. The molecule has 0 atom stereocenters. The van der Waals surface area contributed by atoms with Gasteiger partial charge in [0.05, 0.1) is 0 Å². The molecule has 72 valence electrons. The van der Waals surface area contributed by atoms with Gasteiger partial charge in [-0.2, -0.15) is 0 Å². The summed E-state index contributed by atoms with van der Waals surface area (Å²) in [6.07, 6.45) is 6.81. The average molecular weight is 170 g/mol. The van der Waals surface area contributed by atoms with E-state index in [1.54, 1.807) is 0 Å². The molecule has 12 heavy (non-hydrogen) atoms. The van der Waals surface area contributed by atoms with Crippen molar-refractivity contribution < 1.29 is 0 Å². The van der Waals surface area contributed by atoms with Crippen LogP contribution in [0.5, 0.6) is 0 Å². The second-order valence-corrected chi connectivity index (χ2v) is 3.01. The largest absolute Gasteiger partial charge is 0.329 e. The first-order chi connectivity index (χ1) is 5.85. The SMILES string of the molecule is C/C=C/CN(CCN)CCCC. The highest BCUT2D eigenvalue weighted by molar-refractivity contribution is 4.81. The molecule has 0 spiro atoms. The fourth-order valence-corrected chi connectivity index (χ4v) is 1.11. The number of hydrogen-bond acceptors (Lipinski definition) is 2. The highest BCUT2D eigenvalue weighted by Crippen LogP contribution is 1.94. The molecule has 0 aromatic rings. The van der Waals surface area contributed by atoms with Gasteiger partial charge >= 0.3 is 0 Å². The van der Waals surface area contributed by atoms with Crippen LogP contribution >= 0.6 is 0 Å². The third-order valence-electron chi connectivity index (χ3n) is 1.87. The molecule has 0 aromatic carbocycles. The molecule has 0 aliphatic rings. The van der Waals surface area contributed by atoms with Crippen LogP contribution in [0, 0.1) is 0 Å². The van der Waals surface area contributed by atoms with Crippen molar-refractivity contribution in [1.29, 1.82) is 0 Å². The van der Waals surface area contributed by atoms with E-state index in [1.165, 1.54) is 19.4 Å². The van der Waals surface area contributed by atoms with Gasteiger partial charge in [0.25, 0.3) is 0 Å². The summed E-state index contributed by atoms with van der Waals surface area (Å²) >= 11 is 0. The molecule has 0 saturated heterocycles. The maximum atomic E-state index is 5.51. The minimum absolute atomic E-state index is 0.765. The van der Waals surface area contributed by atoms with Gasteiger partial charge in [-0.15, -0.1) is 0 Å². The Morgan fingerprint density at radius 2 is 2.08 bits per heavy atom. The smallest absolute Gasteiger partial charge is 0.0163 e. The van der Waals surface area contributed by atoms with Crippen LogP contribution in [-0.4, -0.2) is 31.1 Å². The molecule has 0 bridgehead atoms. The molecule has 0 heterocycles. The van der Waals surface area contributed by atoms with Crippen molar-refractivity contribution in [3.63, 3.8) is 0 Å². The number of nitrogens with zero attached hydrogens (tertiary/aromatic N) is 1. The predicted octanol–water partition coefficient (Wildman–Crippen LogP) is 1.62. The van der Waals surface area contributed by atoms with Crippen LogP contribution in [0.3, 0.4) is 0 Å². The van der Waals surface area contributed by atoms with Gasteiger partial charge in [0.2, 0.25) is 0 Å². The monoisotopic (exact) mass is 170 g/mol. The minimum Gasteiger partial charge on any atom is -0.329 e. The predicted molar refractivity (Wildman–Crippen MR) is 55.2 cm³/mol. The summed E-state index contributed by atoms with van der Waals surface area (Å²) < 4.78 is 0. The Morgan fingerprint density at radius 1 is 1.33 bits per heavy atom. The van der Waals surface area contributed by atoms with Crippen LogP contribution in [-0.2, 0) is 0 Å². The van der Waals surface area contributed by atoms with E-state index in [0.29, 0.717) is 0 Å². The van der Waals surface area contributed by atoms with E-state index in [-0.39, 0.29) is 0 Å². The molecule has 0 rings (SSSR count). The topological polar surface area (TPSA) is 29.3 Å². The number of unbranched alkanes of at least 4 members (excludes halogenated alkanes) is 1. The van der Waals surface area contributed by atoms with E-state index in [9.17, 15) is 0 Å². The molecule has 2 nitrogen and oxygen atoms in total. The molecular weight excluding hydrogens is 148 g/mol. The Kier molecular flexibility index (Phi) is 8.51. The molecule has 0 amide bonds. The third kappa shape index (κ3) is 6.38. The molecule has 0 unspecified atom stereocenters. The summed E-state index contributed by atoms with van der Waals surface area (Å²) in [7, 11) is 0. The normalized spacial score (nSPS) is 11.7. The van der Waals surface area contributed by atoms with Gasteiger partial charge in [-0.1, -0.05) is 25.5 Å². The van der Waals surface area contributed by atoms with Crippen molar-refractivity contribution in [2.75, 3.05) is 26.2 Å². The van der Waals surface area contributed by atoms with Gasteiger partial charge in [-0.05, 0) is 19.9 Å². The van der Waals surface area contributed by atoms with Crippen LogP contribution in [0.1, 0.15) is 26.7 Å². The van der Waals surface area contributed by atoms with Gasteiger partial charge in [0.1, 0.15) is 0 Å². The number of hydrogen-bond donors (Lipinski definition) is 1. The second kappa shape index (κ2) is 8.75. The molecule has 2 heteroatoms. The number of nitrogens with two attached hydrogens (primary N) is 1. The molecule has 0 saturated carbocycles. The fourth-order valence-electron chi connectivity index (χ4n) is 1.11. The van der Waals surface area contributed by atoms with Gasteiger partial charge in [-0.3, -0.25) is 4.90 Å². The molecule has 0 radical (unpaired) electrons. The highest BCUT2D eigenvalue weighted by Gasteiger charge is 1.99. The zero-order valence-electron chi connectivity index (χ0n) is 8.42. The summed E-state index contributed by atoms with van der Waals surface area (Å²) in [4.78, 5) is 2.39. The van der Waals surface area contributed by atoms with Gasteiger partial charge in [0, 0.05) is 19.6 Å². The maximum Gasteiger partial charge on any atom is 0.0163 e. The highest BCUT2D eigenvalue weighted by atomic mass is 15.1. The Morgan fingerprint density at radius 3 is 2.58 bits per heavy atom. The maximum absolute atomic E-state index is 5.51. The third-order valence-corrected chi connectivity index (χ3v) is 1.87. The average Bonchev–Trinajstić information content (AvgIpc) is 2.10. The van der Waals surface area contributed by atoms with E-state index < -0.39 is 0 Å². The number of rotatable bonds is 7. The standard InChI is InChI=1S/C10H22N2/c1-3-5-8-12(10-7-11)9-6-4-2/h3,5H,4,6-11H2,1-2H3/b5-3+. The zero-order chi connectivity index (χ0) is 9.23. The van der Waals surface area contributed by atoms with E-state index in [4.69, 9.17) is 5.73 Å². The van der Waals surface area contributed by atoms with Crippen LogP contribution in [0.4, 0.5) is 0 Å². The lowest BCUT2D eigenvalue weighted by molar-refractivity contribution is 0.305. The fraction of sp³-hybridized carbons (Fsp3) is 0.800. The van der Waals surface area contributed by atoms with Gasteiger partial charge < -0.3 is 5.73 Å². The van der Waals surface area contributed by atoms with E-state index >= 15 is 0 Å². The Labute approximate surface area is 76.4 Å². The molecule has 0 aliphatic carbocycles. The van der Waals surface area contributed by atoms with Gasteiger partial charge in [-0.25, -0.2) is 0 Å². The Bertz CT molecular complexity index is 110. The molecular formula is C10H22N2. The van der Waals surface area contributed by atoms with E-state index in [2.05, 4.69) is 30.9 Å². The van der Waals surface area contributed by atoms with Crippen molar-refractivity contribution in [2.24, 2.45) is 5.73 Å². The summed E-state index contributed by atoms with van der Waals surface area (Å²) in [6.45, 7) is 8.29. The van der Waals surface area contributed by atoms with Crippen molar-refractivity contribution >= 4 is 0 Å². The Balaban J connectivity index is 3.53. The summed E-state index contributed by atoms with van der Waals surface area (Å²) in [5.41, 5.74) is 5.51. The molecule has 0 fully saturated rings. The van der Waals surface area contributed by atoms with Crippen LogP contribution in [0.15, 0.2) is 12.2 Å². The lowest BCUT2D eigenvalue weighted by Gasteiger charge is -2.18. The summed E-state index contributed by atoms with van der Waals surface area (Å²) in [5, 5.41) is 0. The van der Waals surface area contributed by atoms with Crippen molar-refractivity contribution in [3.05, 3.63) is 12.2 Å². The molecule has 0 aliphatic heterocycles. The number of allylic oxidation sites excluding steroid dienone is 1. The van der Waals surface area contributed by atoms with Crippen molar-refractivity contribution in [1.82, 2.24) is 4.90 Å². The van der Waals surface area contributed by atoms with E-state index in [0.717, 1.165) is 19.6 Å². The van der Waals surface area contributed by atoms with Crippen molar-refractivity contribution in [2.45, 2.75) is 26.7 Å². The van der Waals surface area contributed by atoms with Crippen LogP contribution < -0.4 is 5.73 Å². The first-order valence-corrected chi connectivity index (χ1v) is 4.88. The molecule has 0 aromatic heterocycles. The van der Waals surface area contributed by atoms with Gasteiger partial charge in [0.15, 0.2) is 0 Å². The van der Waals surface area contributed by atoms with Crippen molar-refractivity contribution in [3.8, 4) is 0 Å². The first-order valence-electron chi connectivity index (χ1n) is 4.88. The lowest BCUT2D eigenvalue weighted by atomic mass is 10.3. The van der Waals surface area contributed by atoms with Crippen LogP contribution in [0.2, 0.25) is 0 Å². The second-order valence-electron chi connectivity index (χ2n) is 3.01. The van der Waals surface area contributed by atoms with E-state index in [1.807, 2.05) is 0 Å². The zero-order valence-corrected chi connectivity index (χ0v) is 8.42. The Hall–Kier alpha value is -0.340.